The molecule has 0 bridgehead atoms. The average molecular weight is 713 g/mol. The summed E-state index contributed by atoms with van der Waals surface area (Å²) in [6, 6.07) is 53.3. The zero-order valence-corrected chi connectivity index (χ0v) is 34.3. The van der Waals surface area contributed by atoms with Crippen LogP contribution in [0.25, 0.3) is 44.1 Å². The van der Waals surface area contributed by atoms with Crippen molar-refractivity contribution in [1.82, 2.24) is 9.97 Å². The van der Waals surface area contributed by atoms with E-state index in [0.717, 1.165) is 33.9 Å². The summed E-state index contributed by atoms with van der Waals surface area (Å²) in [5.74, 6) is 0. The predicted molar refractivity (Wildman–Crippen MR) is 229 cm³/mol. The maximum Gasteiger partial charge on any atom is 0.119 e. The van der Waals surface area contributed by atoms with Gasteiger partial charge in [0.25, 0.3) is 0 Å². The molecule has 0 aliphatic carbocycles. The van der Waals surface area contributed by atoms with Gasteiger partial charge in [-0.05, 0) is 56.9 Å². The topological polar surface area (TPSA) is 25.8 Å². The van der Waals surface area contributed by atoms with Crippen LogP contribution in [0.2, 0.25) is 52.4 Å². The molecule has 0 saturated heterocycles. The molecule has 0 spiro atoms. The Morgan fingerprint density at radius 3 is 1.02 bits per heavy atom. The Morgan fingerprint density at radius 1 is 0.353 bits per heavy atom. The van der Waals surface area contributed by atoms with Crippen LogP contribution in [0.5, 0.6) is 0 Å². The highest BCUT2D eigenvalue weighted by molar-refractivity contribution is 7.13. The van der Waals surface area contributed by atoms with Gasteiger partial charge in [0.15, 0.2) is 0 Å². The van der Waals surface area contributed by atoms with Crippen molar-refractivity contribution in [3.8, 4) is 22.5 Å². The molecule has 5 heteroatoms. The number of hydrogen-bond acceptors (Lipinski definition) is 2. The van der Waals surface area contributed by atoms with Gasteiger partial charge in [0, 0.05) is 11.1 Å². The first kappa shape index (κ1) is 34.7. The molecule has 2 aromatic heterocycles. The summed E-state index contributed by atoms with van der Waals surface area (Å²) in [6.07, 6.45) is 0. The minimum Gasteiger partial charge on any atom is -0.249 e. The van der Waals surface area contributed by atoms with Crippen LogP contribution < -0.4 is 10.4 Å². The molecular weight excluding hydrogens is 665 g/mol. The Balaban J connectivity index is 1.44. The molecule has 51 heavy (non-hydrogen) atoms. The van der Waals surface area contributed by atoms with Gasteiger partial charge in [-0.25, -0.2) is 9.97 Å². The largest absolute Gasteiger partial charge is 0.249 e. The van der Waals surface area contributed by atoms with Crippen molar-refractivity contribution in [2.75, 3.05) is 0 Å². The quantitative estimate of drug-likeness (QED) is 0.147. The molecule has 254 valence electrons. The van der Waals surface area contributed by atoms with E-state index >= 15 is 0 Å². The van der Waals surface area contributed by atoms with Crippen molar-refractivity contribution < 1.29 is 0 Å². The monoisotopic (exact) mass is 712 g/mol. The molecular formula is C46H48N2Si3. The third-order valence-corrected chi connectivity index (χ3v) is 17.9. The SMILES string of the molecule is C[Si]1(C)C(c2cccc(-c3ccc([Si](C)(C)C)cc3)n2)=C(c2ccccc2)C(c2ccccc2)=C1c1cccc(-c2ccc([Si](C)(C)C)cc2)n1. The summed E-state index contributed by atoms with van der Waals surface area (Å²) in [5, 5.41) is 5.64. The van der Waals surface area contributed by atoms with E-state index in [1.165, 1.54) is 43.0 Å². The lowest BCUT2D eigenvalue weighted by atomic mass is 9.90. The number of allylic oxidation sites excluding steroid dienone is 2. The molecule has 0 saturated carbocycles. The maximum absolute atomic E-state index is 5.48. The lowest BCUT2D eigenvalue weighted by Gasteiger charge is -2.26. The first-order valence-electron chi connectivity index (χ1n) is 18.1. The minimum absolute atomic E-state index is 1.01. The fraction of sp³-hybridized carbons (Fsp3) is 0.174. The van der Waals surface area contributed by atoms with E-state index in [9.17, 15) is 0 Å². The number of rotatable bonds is 8. The zero-order chi connectivity index (χ0) is 36.0. The summed E-state index contributed by atoms with van der Waals surface area (Å²) in [4.78, 5) is 11.0. The van der Waals surface area contributed by atoms with Gasteiger partial charge in [-0.1, -0.05) is 184 Å². The first-order chi connectivity index (χ1) is 24.3. The summed E-state index contributed by atoms with van der Waals surface area (Å²) in [7, 11) is -5.25. The van der Waals surface area contributed by atoms with Crippen molar-refractivity contribution in [2.45, 2.75) is 52.4 Å². The molecule has 6 aromatic rings. The van der Waals surface area contributed by atoms with Crippen LogP contribution in [-0.2, 0) is 0 Å². The third kappa shape index (κ3) is 6.86. The van der Waals surface area contributed by atoms with E-state index in [1.807, 2.05) is 0 Å². The lowest BCUT2D eigenvalue weighted by molar-refractivity contribution is 1.28. The van der Waals surface area contributed by atoms with Crippen LogP contribution in [0, 0.1) is 0 Å². The number of benzene rings is 4. The number of aromatic nitrogens is 2. The maximum atomic E-state index is 5.48. The molecule has 7 rings (SSSR count). The highest BCUT2D eigenvalue weighted by atomic mass is 28.3. The second-order valence-electron chi connectivity index (χ2n) is 16.3. The molecule has 2 nitrogen and oxygen atoms in total. The van der Waals surface area contributed by atoms with Crippen molar-refractivity contribution in [3.63, 3.8) is 0 Å². The molecule has 3 heterocycles. The van der Waals surface area contributed by atoms with Crippen LogP contribution in [0.3, 0.4) is 0 Å². The van der Waals surface area contributed by atoms with E-state index < -0.39 is 24.2 Å². The van der Waals surface area contributed by atoms with E-state index in [-0.39, 0.29) is 0 Å². The first-order valence-corrected chi connectivity index (χ1v) is 28.1. The second kappa shape index (κ2) is 13.5. The minimum atomic E-state index is -2.44. The Bertz CT molecular complexity index is 2090. The molecule has 0 amide bonds. The fourth-order valence-electron chi connectivity index (χ4n) is 7.43. The van der Waals surface area contributed by atoms with Crippen LogP contribution in [0.1, 0.15) is 22.5 Å². The van der Waals surface area contributed by atoms with Crippen LogP contribution in [0.4, 0.5) is 0 Å². The van der Waals surface area contributed by atoms with Gasteiger partial charge in [-0.15, -0.1) is 0 Å². The van der Waals surface area contributed by atoms with Crippen molar-refractivity contribution in [2.24, 2.45) is 0 Å². The van der Waals surface area contributed by atoms with Gasteiger partial charge in [-0.2, -0.15) is 0 Å². The normalized spacial score (nSPS) is 14.7. The van der Waals surface area contributed by atoms with E-state index in [2.05, 4.69) is 198 Å². The predicted octanol–water partition coefficient (Wildman–Crippen LogP) is 11.2. The average Bonchev–Trinajstić information content (AvgIpc) is 3.38. The van der Waals surface area contributed by atoms with E-state index in [4.69, 9.17) is 9.97 Å². The van der Waals surface area contributed by atoms with Gasteiger partial charge in [0.2, 0.25) is 0 Å². The lowest BCUT2D eigenvalue weighted by Crippen LogP contribution is -2.37. The highest BCUT2D eigenvalue weighted by Gasteiger charge is 2.45. The summed E-state index contributed by atoms with van der Waals surface area (Å²) in [6.45, 7) is 19.4. The van der Waals surface area contributed by atoms with Gasteiger partial charge in [0.05, 0.1) is 38.9 Å². The summed E-state index contributed by atoms with van der Waals surface area (Å²) >= 11 is 0. The van der Waals surface area contributed by atoms with E-state index in [0.29, 0.717) is 0 Å². The smallest absolute Gasteiger partial charge is 0.119 e. The highest BCUT2D eigenvalue weighted by Crippen LogP contribution is 2.55. The van der Waals surface area contributed by atoms with Crippen LogP contribution in [0.15, 0.2) is 146 Å². The Labute approximate surface area is 307 Å². The molecule has 0 fully saturated rings. The molecule has 0 radical (unpaired) electrons. The van der Waals surface area contributed by atoms with Crippen molar-refractivity contribution >= 4 is 56.1 Å². The standard InChI is InChI=1S/C46H48N2Si3/c1-49(2,3)37-29-25-33(26-30-37)39-21-15-23-41(47-39)45-43(35-17-11-9-12-18-35)44(36-19-13-10-14-20-36)46(51(45,7)8)42-24-16-22-40(48-42)34-27-31-38(32-28-34)50(4,5)6/h9-32H,1-8H3. The van der Waals surface area contributed by atoms with Gasteiger partial charge in [0.1, 0.15) is 8.07 Å². The zero-order valence-electron chi connectivity index (χ0n) is 31.3. The van der Waals surface area contributed by atoms with Crippen LogP contribution in [-0.4, -0.2) is 34.2 Å². The van der Waals surface area contributed by atoms with Gasteiger partial charge in [-0.3, -0.25) is 0 Å². The number of nitrogens with zero attached hydrogens (tertiary/aromatic N) is 2. The molecule has 4 aromatic carbocycles. The molecule has 0 unspecified atom stereocenters. The molecule has 1 aliphatic heterocycles. The van der Waals surface area contributed by atoms with Crippen molar-refractivity contribution in [1.29, 1.82) is 0 Å². The number of pyridine rings is 2. The number of hydrogen-bond donors (Lipinski definition) is 0. The molecule has 0 N–H and O–H groups in total. The Morgan fingerprint density at radius 2 is 0.686 bits per heavy atom. The Kier molecular flexibility index (Phi) is 9.17. The van der Waals surface area contributed by atoms with Crippen molar-refractivity contribution in [3.05, 3.63) is 168 Å². The summed E-state index contributed by atoms with van der Waals surface area (Å²) in [5.41, 5.74) is 11.4. The molecule has 1 aliphatic rings. The molecule has 0 atom stereocenters. The second-order valence-corrected chi connectivity index (χ2v) is 30.7. The van der Waals surface area contributed by atoms with Gasteiger partial charge < -0.3 is 0 Å². The fourth-order valence-corrected chi connectivity index (χ4v) is 13.4. The third-order valence-electron chi connectivity index (χ3n) is 10.2. The Hall–Kier alpha value is -4.69. The van der Waals surface area contributed by atoms with Crippen LogP contribution >= 0.6 is 0 Å². The summed E-state index contributed by atoms with van der Waals surface area (Å²) < 4.78 is 0. The van der Waals surface area contributed by atoms with Gasteiger partial charge >= 0.3 is 0 Å². The van der Waals surface area contributed by atoms with E-state index in [1.54, 1.807) is 0 Å².